The standard InChI is InChI=1S/C11H17FN4O/c1-17-7-8-3-2-4-16(6-8)10-9(12)5-14-11(13)15-10/h5,8H,2-4,6-7H2,1H3,(H2,13,14,15). The van der Waals surface area contributed by atoms with Crippen LogP contribution >= 0.6 is 0 Å². The number of nitrogens with two attached hydrogens (primary N) is 1. The van der Waals surface area contributed by atoms with Gasteiger partial charge in [-0.15, -0.1) is 0 Å². The predicted octanol–water partition coefficient (Wildman–Crippen LogP) is 1.06. The fourth-order valence-corrected chi connectivity index (χ4v) is 2.22. The molecule has 1 atom stereocenters. The highest BCUT2D eigenvalue weighted by molar-refractivity contribution is 5.42. The molecule has 6 heteroatoms. The van der Waals surface area contributed by atoms with Crippen LogP contribution in [-0.2, 0) is 4.74 Å². The van der Waals surface area contributed by atoms with Gasteiger partial charge in [-0.3, -0.25) is 0 Å². The molecule has 0 bridgehead atoms. The molecule has 0 radical (unpaired) electrons. The molecular weight excluding hydrogens is 223 g/mol. The van der Waals surface area contributed by atoms with Gasteiger partial charge in [0.1, 0.15) is 0 Å². The minimum Gasteiger partial charge on any atom is -0.384 e. The Hall–Kier alpha value is -1.43. The van der Waals surface area contributed by atoms with E-state index in [1.807, 2.05) is 4.90 Å². The number of aromatic nitrogens is 2. The van der Waals surface area contributed by atoms with Gasteiger partial charge in [-0.1, -0.05) is 0 Å². The van der Waals surface area contributed by atoms with Crippen molar-refractivity contribution in [3.05, 3.63) is 12.0 Å². The first-order valence-electron chi connectivity index (χ1n) is 5.72. The van der Waals surface area contributed by atoms with Crippen LogP contribution in [-0.4, -0.2) is 36.8 Å². The summed E-state index contributed by atoms with van der Waals surface area (Å²) in [5.41, 5.74) is 5.49. The van der Waals surface area contributed by atoms with Crippen LogP contribution in [0.15, 0.2) is 6.20 Å². The minimum atomic E-state index is -0.419. The molecule has 2 rings (SSSR count). The lowest BCUT2D eigenvalue weighted by atomic mass is 9.99. The minimum absolute atomic E-state index is 0.107. The molecule has 0 amide bonds. The van der Waals surface area contributed by atoms with Gasteiger partial charge in [-0.05, 0) is 18.8 Å². The highest BCUT2D eigenvalue weighted by atomic mass is 19.1. The van der Waals surface area contributed by atoms with Crippen molar-refractivity contribution in [2.24, 2.45) is 5.92 Å². The van der Waals surface area contributed by atoms with Crippen molar-refractivity contribution in [1.82, 2.24) is 9.97 Å². The van der Waals surface area contributed by atoms with E-state index in [0.717, 1.165) is 32.1 Å². The summed E-state index contributed by atoms with van der Waals surface area (Å²) in [7, 11) is 1.68. The Morgan fingerprint density at radius 3 is 3.24 bits per heavy atom. The van der Waals surface area contributed by atoms with Gasteiger partial charge in [0.2, 0.25) is 5.95 Å². The second-order valence-corrected chi connectivity index (χ2v) is 4.31. The van der Waals surface area contributed by atoms with E-state index in [0.29, 0.717) is 18.3 Å². The summed E-state index contributed by atoms with van der Waals surface area (Å²) in [5.74, 6) is 0.412. The highest BCUT2D eigenvalue weighted by Crippen LogP contribution is 2.24. The Labute approximate surface area is 99.8 Å². The second-order valence-electron chi connectivity index (χ2n) is 4.31. The summed E-state index contributed by atoms with van der Waals surface area (Å²) in [4.78, 5) is 9.51. The van der Waals surface area contributed by atoms with Crippen LogP contribution in [0.1, 0.15) is 12.8 Å². The monoisotopic (exact) mass is 240 g/mol. The van der Waals surface area contributed by atoms with Crippen LogP contribution in [0, 0.1) is 11.7 Å². The van der Waals surface area contributed by atoms with Crippen LogP contribution in [0.4, 0.5) is 16.2 Å². The van der Waals surface area contributed by atoms with Crippen LogP contribution in [0.3, 0.4) is 0 Å². The molecule has 1 aromatic rings. The first-order chi connectivity index (χ1) is 8.20. The number of nitrogens with zero attached hydrogens (tertiary/aromatic N) is 3. The third kappa shape index (κ3) is 2.82. The Balaban J connectivity index is 2.13. The van der Waals surface area contributed by atoms with Crippen molar-refractivity contribution in [3.63, 3.8) is 0 Å². The molecule has 17 heavy (non-hydrogen) atoms. The summed E-state index contributed by atoms with van der Waals surface area (Å²) in [6.45, 7) is 2.24. The summed E-state index contributed by atoms with van der Waals surface area (Å²) in [5, 5.41) is 0. The van der Waals surface area contributed by atoms with Crippen LogP contribution in [0.25, 0.3) is 0 Å². The third-order valence-electron chi connectivity index (χ3n) is 2.97. The maximum atomic E-state index is 13.6. The molecule has 2 N–H and O–H groups in total. The van der Waals surface area contributed by atoms with Crippen molar-refractivity contribution in [3.8, 4) is 0 Å². The van der Waals surface area contributed by atoms with E-state index < -0.39 is 5.82 Å². The van der Waals surface area contributed by atoms with E-state index in [1.165, 1.54) is 0 Å². The lowest BCUT2D eigenvalue weighted by Gasteiger charge is -2.33. The van der Waals surface area contributed by atoms with Gasteiger partial charge in [-0.25, -0.2) is 9.37 Å². The number of hydrogen-bond donors (Lipinski definition) is 1. The van der Waals surface area contributed by atoms with E-state index in [4.69, 9.17) is 10.5 Å². The third-order valence-corrected chi connectivity index (χ3v) is 2.97. The summed E-state index contributed by atoms with van der Waals surface area (Å²) in [6.07, 6.45) is 3.24. The summed E-state index contributed by atoms with van der Waals surface area (Å²) < 4.78 is 18.8. The number of anilines is 2. The number of ether oxygens (including phenoxy) is 1. The molecule has 1 aromatic heterocycles. The zero-order valence-corrected chi connectivity index (χ0v) is 9.90. The number of hydrogen-bond acceptors (Lipinski definition) is 5. The maximum absolute atomic E-state index is 13.6. The van der Waals surface area contributed by atoms with Crippen LogP contribution < -0.4 is 10.6 Å². The van der Waals surface area contributed by atoms with Crippen LogP contribution in [0.2, 0.25) is 0 Å². The van der Waals surface area contributed by atoms with Gasteiger partial charge >= 0.3 is 0 Å². The van der Waals surface area contributed by atoms with Gasteiger partial charge in [0, 0.05) is 20.2 Å². The Bertz CT molecular complexity index is 386. The van der Waals surface area contributed by atoms with E-state index in [1.54, 1.807) is 7.11 Å². The SMILES string of the molecule is COCC1CCCN(c2nc(N)ncc2F)C1. The van der Waals surface area contributed by atoms with Crippen molar-refractivity contribution in [2.45, 2.75) is 12.8 Å². The molecular formula is C11H17FN4O. The van der Waals surface area contributed by atoms with E-state index >= 15 is 0 Å². The molecule has 0 aliphatic carbocycles. The molecule has 1 fully saturated rings. The number of methoxy groups -OCH3 is 1. The first kappa shape index (κ1) is 12.0. The average molecular weight is 240 g/mol. The van der Waals surface area contributed by atoms with Crippen molar-refractivity contribution in [1.29, 1.82) is 0 Å². The van der Waals surface area contributed by atoms with Gasteiger partial charge in [0.15, 0.2) is 11.6 Å². The lowest BCUT2D eigenvalue weighted by molar-refractivity contribution is 0.143. The maximum Gasteiger partial charge on any atom is 0.222 e. The molecule has 1 aliphatic heterocycles. The number of halogens is 1. The smallest absolute Gasteiger partial charge is 0.222 e. The van der Waals surface area contributed by atoms with Gasteiger partial charge in [0.25, 0.3) is 0 Å². The number of rotatable bonds is 3. The second kappa shape index (κ2) is 5.27. The Morgan fingerprint density at radius 1 is 1.65 bits per heavy atom. The highest BCUT2D eigenvalue weighted by Gasteiger charge is 2.23. The molecule has 1 unspecified atom stereocenters. The molecule has 0 spiro atoms. The van der Waals surface area contributed by atoms with E-state index in [9.17, 15) is 4.39 Å². The molecule has 0 aromatic carbocycles. The molecule has 1 saturated heterocycles. The average Bonchev–Trinajstić information content (AvgIpc) is 2.33. The topological polar surface area (TPSA) is 64.3 Å². The van der Waals surface area contributed by atoms with Crippen molar-refractivity contribution < 1.29 is 9.13 Å². The first-order valence-corrected chi connectivity index (χ1v) is 5.72. The fourth-order valence-electron chi connectivity index (χ4n) is 2.22. The molecule has 0 saturated carbocycles. The quantitative estimate of drug-likeness (QED) is 0.856. The molecule has 94 valence electrons. The zero-order chi connectivity index (χ0) is 12.3. The zero-order valence-electron chi connectivity index (χ0n) is 9.90. The summed E-state index contributed by atoms with van der Waals surface area (Å²) >= 11 is 0. The largest absolute Gasteiger partial charge is 0.384 e. The Morgan fingerprint density at radius 2 is 2.47 bits per heavy atom. The molecule has 1 aliphatic rings. The van der Waals surface area contributed by atoms with Crippen LogP contribution in [0.5, 0.6) is 0 Å². The van der Waals surface area contributed by atoms with Gasteiger partial charge in [0.05, 0.1) is 12.8 Å². The Kier molecular flexibility index (Phi) is 3.73. The summed E-state index contributed by atoms with van der Waals surface area (Å²) in [6, 6.07) is 0. The lowest BCUT2D eigenvalue weighted by Crippen LogP contribution is -2.38. The molecule has 5 nitrogen and oxygen atoms in total. The van der Waals surface area contributed by atoms with Crippen molar-refractivity contribution in [2.75, 3.05) is 37.4 Å². The van der Waals surface area contributed by atoms with Crippen molar-refractivity contribution >= 4 is 11.8 Å². The molecule has 2 heterocycles. The predicted molar refractivity (Wildman–Crippen MR) is 63.2 cm³/mol. The van der Waals surface area contributed by atoms with E-state index in [-0.39, 0.29) is 5.95 Å². The van der Waals surface area contributed by atoms with Gasteiger partial charge in [-0.2, -0.15) is 4.98 Å². The van der Waals surface area contributed by atoms with E-state index in [2.05, 4.69) is 9.97 Å². The van der Waals surface area contributed by atoms with Gasteiger partial charge < -0.3 is 15.4 Å². The fraction of sp³-hybridized carbons (Fsp3) is 0.636. The number of piperidine rings is 1. The normalized spacial score (nSPS) is 20.6. The number of nitrogen functional groups attached to an aromatic ring is 1.